The van der Waals surface area contributed by atoms with E-state index < -0.39 is 23.4 Å². The Balaban J connectivity index is 1.53. The van der Waals surface area contributed by atoms with Gasteiger partial charge in [-0.15, -0.1) is 11.3 Å². The number of likely N-dealkylation sites (tertiary alicyclic amines) is 1. The number of aromatic nitrogens is 4. The van der Waals surface area contributed by atoms with Gasteiger partial charge in [-0.1, -0.05) is 12.1 Å². The number of pyridine rings is 2. The molecule has 1 aliphatic rings. The quantitative estimate of drug-likeness (QED) is 0.190. The van der Waals surface area contributed by atoms with E-state index in [-0.39, 0.29) is 11.6 Å². The Morgan fingerprint density at radius 2 is 1.57 bits per heavy atom. The van der Waals surface area contributed by atoms with Gasteiger partial charge in [0.2, 0.25) is 0 Å². The number of nitrogens with zero attached hydrogens (tertiary/aromatic N) is 6. The third kappa shape index (κ3) is 6.98. The lowest BCUT2D eigenvalue weighted by atomic mass is 9.98. The maximum atomic E-state index is 14.0. The molecule has 1 fully saturated rings. The molecule has 1 aliphatic heterocycles. The van der Waals surface area contributed by atoms with Gasteiger partial charge in [-0.05, 0) is 92.0 Å². The Bertz CT molecular complexity index is 1940. The fourth-order valence-electron chi connectivity index (χ4n) is 5.65. The molecule has 0 radical (unpaired) electrons. The van der Waals surface area contributed by atoms with E-state index in [4.69, 9.17) is 19.4 Å². The molecular formula is C35H39FN6O4S. The van der Waals surface area contributed by atoms with Crippen LogP contribution in [0.3, 0.4) is 0 Å². The lowest BCUT2D eigenvalue weighted by molar-refractivity contribution is 0.0429. The predicted molar refractivity (Wildman–Crippen MR) is 181 cm³/mol. The van der Waals surface area contributed by atoms with Crippen molar-refractivity contribution in [2.24, 2.45) is 0 Å². The Hall–Kier alpha value is -4.42. The smallest absolute Gasteiger partial charge is 0.425 e. The maximum absolute atomic E-state index is 14.0. The molecule has 12 heteroatoms. The highest BCUT2D eigenvalue weighted by Crippen LogP contribution is 2.41. The summed E-state index contributed by atoms with van der Waals surface area (Å²) in [5, 5.41) is 2.36. The Morgan fingerprint density at radius 3 is 2.23 bits per heavy atom. The summed E-state index contributed by atoms with van der Waals surface area (Å²) in [6, 6.07) is 8.45. The number of piperidine rings is 1. The van der Waals surface area contributed by atoms with Gasteiger partial charge in [0.15, 0.2) is 5.82 Å². The van der Waals surface area contributed by atoms with Gasteiger partial charge in [0.1, 0.15) is 22.7 Å². The van der Waals surface area contributed by atoms with Crippen molar-refractivity contribution >= 4 is 45.8 Å². The van der Waals surface area contributed by atoms with E-state index in [2.05, 4.69) is 16.9 Å². The van der Waals surface area contributed by atoms with Gasteiger partial charge >= 0.3 is 12.2 Å². The first-order valence-corrected chi connectivity index (χ1v) is 16.4. The third-order valence-corrected chi connectivity index (χ3v) is 9.05. The molecule has 1 saturated heterocycles. The van der Waals surface area contributed by atoms with Crippen LogP contribution in [0.15, 0.2) is 55.1 Å². The third-order valence-electron chi connectivity index (χ3n) is 7.86. The van der Waals surface area contributed by atoms with Gasteiger partial charge in [0.05, 0.1) is 21.8 Å². The van der Waals surface area contributed by atoms with Gasteiger partial charge in [0, 0.05) is 47.1 Å². The first-order chi connectivity index (χ1) is 22.2. The number of imidazole rings is 1. The number of fused-ring (bicyclic) bond motifs is 2. The Labute approximate surface area is 277 Å². The number of ether oxygens (including phenoxy) is 2. The zero-order valence-electron chi connectivity index (χ0n) is 27.7. The largest absolute Gasteiger partial charge is 0.443 e. The monoisotopic (exact) mass is 658 g/mol. The van der Waals surface area contributed by atoms with E-state index in [1.807, 2.05) is 24.4 Å². The summed E-state index contributed by atoms with van der Waals surface area (Å²) in [6.07, 6.45) is 7.09. The molecule has 0 unspecified atom stereocenters. The summed E-state index contributed by atoms with van der Waals surface area (Å²) in [4.78, 5) is 45.5. The molecule has 47 heavy (non-hydrogen) atoms. The van der Waals surface area contributed by atoms with Crippen LogP contribution in [-0.4, -0.2) is 67.8 Å². The molecule has 0 saturated carbocycles. The second kappa shape index (κ2) is 12.3. The second-order valence-electron chi connectivity index (χ2n) is 13.9. The summed E-state index contributed by atoms with van der Waals surface area (Å²) in [5.41, 5.74) is 0.902. The van der Waals surface area contributed by atoms with Gasteiger partial charge in [-0.25, -0.2) is 28.9 Å². The van der Waals surface area contributed by atoms with Crippen molar-refractivity contribution < 1.29 is 23.5 Å². The zero-order valence-corrected chi connectivity index (χ0v) is 28.5. The number of carbonyl (C=O) groups excluding carboxylic acids is 2. The molecule has 10 nitrogen and oxygen atoms in total. The highest BCUT2D eigenvalue weighted by atomic mass is 32.1. The highest BCUT2D eigenvalue weighted by molar-refractivity contribution is 7.15. The van der Waals surface area contributed by atoms with E-state index in [1.165, 1.54) is 12.1 Å². The summed E-state index contributed by atoms with van der Waals surface area (Å²) in [6.45, 7) is 12.4. The van der Waals surface area contributed by atoms with Gasteiger partial charge < -0.3 is 14.4 Å². The SMILES string of the molecule is CN1CCC(c2ncc(-c3cnc(N(C(=O)OC(C)(C)C)C(=O)OC(C)(C)C)c4cc(-c5cnc6cc(F)ccn56)ccc34)s2)CC1. The number of imide groups is 1. The molecule has 0 atom stereocenters. The standard InChI is InChI=1S/C35H39FN6O4S/c1-34(2,3)45-32(43)42(33(44)46-35(4,5)6)30-25-16-22(27-19-37-29-17-23(36)12-15-41(27)29)8-9-24(25)26(18-38-30)28-20-39-31(47-28)21-10-13-40(7)14-11-21/h8-9,12,15-21H,10-11,13-14H2,1-7H3. The fourth-order valence-corrected chi connectivity index (χ4v) is 6.76. The minimum Gasteiger partial charge on any atom is -0.443 e. The number of thiazole rings is 1. The van der Waals surface area contributed by atoms with Crippen LogP contribution in [0.1, 0.15) is 65.3 Å². The van der Waals surface area contributed by atoms with Crippen LogP contribution in [0.5, 0.6) is 0 Å². The average Bonchev–Trinajstić information content (AvgIpc) is 3.63. The molecule has 0 bridgehead atoms. The van der Waals surface area contributed by atoms with E-state index in [0.29, 0.717) is 22.6 Å². The van der Waals surface area contributed by atoms with Gasteiger partial charge in [-0.3, -0.25) is 4.40 Å². The maximum Gasteiger partial charge on any atom is 0.425 e. The van der Waals surface area contributed by atoms with Crippen molar-refractivity contribution in [3.63, 3.8) is 0 Å². The minimum absolute atomic E-state index is 0.0639. The number of rotatable bonds is 4. The predicted octanol–water partition coefficient (Wildman–Crippen LogP) is 8.30. The number of halogens is 1. The average molecular weight is 659 g/mol. The van der Waals surface area contributed by atoms with Crippen LogP contribution < -0.4 is 4.90 Å². The van der Waals surface area contributed by atoms with Gasteiger partial charge in [0.25, 0.3) is 0 Å². The molecule has 1 aromatic carbocycles. The number of hydrogen-bond donors (Lipinski definition) is 0. The summed E-state index contributed by atoms with van der Waals surface area (Å²) in [5.74, 6) is 0.0673. The molecule has 0 N–H and O–H groups in total. The summed E-state index contributed by atoms with van der Waals surface area (Å²) in [7, 11) is 2.14. The molecule has 6 rings (SSSR count). The molecule has 2 amide bonds. The van der Waals surface area contributed by atoms with E-state index in [0.717, 1.165) is 57.2 Å². The Morgan fingerprint density at radius 1 is 0.894 bits per heavy atom. The fraction of sp³-hybridized carbons (Fsp3) is 0.400. The molecule has 0 spiro atoms. The van der Waals surface area contributed by atoms with Crippen LogP contribution >= 0.6 is 11.3 Å². The first-order valence-electron chi connectivity index (χ1n) is 15.6. The van der Waals surface area contributed by atoms with Crippen molar-refractivity contribution in [3.05, 3.63) is 65.9 Å². The molecule has 5 aromatic rings. The number of benzene rings is 1. The van der Waals surface area contributed by atoms with Gasteiger partial charge in [-0.2, -0.15) is 4.90 Å². The Kier molecular flexibility index (Phi) is 8.52. The normalized spacial score (nSPS) is 14.9. The van der Waals surface area contributed by atoms with Crippen molar-refractivity contribution in [3.8, 4) is 21.7 Å². The number of carbonyl (C=O) groups is 2. The highest BCUT2D eigenvalue weighted by Gasteiger charge is 2.35. The van der Waals surface area contributed by atoms with Crippen LogP contribution in [0.2, 0.25) is 0 Å². The van der Waals surface area contributed by atoms with Crippen molar-refractivity contribution in [1.29, 1.82) is 0 Å². The van der Waals surface area contributed by atoms with Crippen molar-refractivity contribution in [2.75, 3.05) is 25.0 Å². The molecule has 0 aliphatic carbocycles. The van der Waals surface area contributed by atoms with E-state index in [1.54, 1.807) is 75.9 Å². The van der Waals surface area contributed by atoms with E-state index in [9.17, 15) is 14.0 Å². The first kappa shape index (κ1) is 32.5. The van der Waals surface area contributed by atoms with Crippen LogP contribution in [0.25, 0.3) is 38.1 Å². The molecule has 246 valence electrons. The van der Waals surface area contributed by atoms with Crippen molar-refractivity contribution in [1.82, 2.24) is 24.3 Å². The lowest BCUT2D eigenvalue weighted by Gasteiger charge is -2.28. The molecule has 4 aromatic heterocycles. The second-order valence-corrected chi connectivity index (χ2v) is 15.0. The number of anilines is 1. The molecular weight excluding hydrogens is 619 g/mol. The van der Waals surface area contributed by atoms with E-state index >= 15 is 0 Å². The minimum atomic E-state index is -0.911. The number of amides is 2. The van der Waals surface area contributed by atoms with Crippen LogP contribution in [-0.2, 0) is 9.47 Å². The van der Waals surface area contributed by atoms with Crippen LogP contribution in [0, 0.1) is 5.82 Å². The molecule has 5 heterocycles. The summed E-state index contributed by atoms with van der Waals surface area (Å²) < 4.78 is 27.1. The van der Waals surface area contributed by atoms with Crippen LogP contribution in [0.4, 0.5) is 19.8 Å². The zero-order chi connectivity index (χ0) is 33.7. The summed E-state index contributed by atoms with van der Waals surface area (Å²) >= 11 is 1.64. The van der Waals surface area contributed by atoms with Crippen molar-refractivity contribution in [2.45, 2.75) is 71.5 Å². The lowest BCUT2D eigenvalue weighted by Crippen LogP contribution is -2.44. The topological polar surface area (TPSA) is 102 Å². The number of hydrogen-bond acceptors (Lipinski definition) is 9.